The smallest absolute Gasteiger partial charge is 0.338 e. The summed E-state index contributed by atoms with van der Waals surface area (Å²) in [5.41, 5.74) is 5.00. The number of hydrogen-bond acceptors (Lipinski definition) is 4. The van der Waals surface area contributed by atoms with Crippen molar-refractivity contribution in [1.82, 2.24) is 0 Å². The van der Waals surface area contributed by atoms with Gasteiger partial charge in [-0.3, -0.25) is 4.79 Å². The summed E-state index contributed by atoms with van der Waals surface area (Å²) in [5.74, 6) is -2.39. The number of primary amides is 1. The summed E-state index contributed by atoms with van der Waals surface area (Å²) in [6, 6.07) is 4.21. The van der Waals surface area contributed by atoms with Crippen molar-refractivity contribution in [2.45, 2.75) is 6.04 Å². The van der Waals surface area contributed by atoms with Crippen molar-refractivity contribution < 1.29 is 18.7 Å². The Morgan fingerprint density at radius 2 is 2.06 bits per heavy atom. The minimum absolute atomic E-state index is 0.0108. The number of nitrogens with one attached hydrogen (secondary N) is 1. The molecule has 0 radical (unpaired) electrons. The van der Waals surface area contributed by atoms with Gasteiger partial charge in [-0.1, -0.05) is 12.1 Å². The molecule has 86 valence electrons. The number of carbonyl (C=O) groups excluding carboxylic acids is 2. The molecule has 6 heteroatoms. The van der Waals surface area contributed by atoms with E-state index in [1.54, 1.807) is 6.07 Å². The Morgan fingerprint density at radius 3 is 2.56 bits per heavy atom. The summed E-state index contributed by atoms with van der Waals surface area (Å²) in [6.45, 7) is 0. The first kappa shape index (κ1) is 12.0. The summed E-state index contributed by atoms with van der Waals surface area (Å²) in [5, 5.41) is 2.37. The van der Waals surface area contributed by atoms with Gasteiger partial charge in [-0.25, -0.2) is 9.18 Å². The lowest BCUT2D eigenvalue weighted by Gasteiger charge is -2.14. The van der Waals surface area contributed by atoms with Gasteiger partial charge >= 0.3 is 5.97 Å². The topological polar surface area (TPSA) is 81.4 Å². The molecule has 0 fully saturated rings. The third-order valence-electron chi connectivity index (χ3n) is 1.90. The minimum atomic E-state index is -1.40. The van der Waals surface area contributed by atoms with Crippen molar-refractivity contribution in [3.05, 3.63) is 30.1 Å². The highest BCUT2D eigenvalue weighted by atomic mass is 19.1. The van der Waals surface area contributed by atoms with Gasteiger partial charge in [-0.05, 0) is 12.1 Å². The molecule has 5 nitrogen and oxygen atoms in total. The molecule has 0 aliphatic rings. The number of hydrogen-bond donors (Lipinski definition) is 2. The van der Waals surface area contributed by atoms with Gasteiger partial charge in [0, 0.05) is 0 Å². The largest absolute Gasteiger partial charge is 0.467 e. The molecule has 0 heterocycles. The molecule has 0 saturated heterocycles. The maximum atomic E-state index is 13.2. The number of methoxy groups -OCH3 is 1. The number of halogens is 1. The Bertz CT molecular complexity index is 409. The normalized spacial score (nSPS) is 11.6. The summed E-state index contributed by atoms with van der Waals surface area (Å²) >= 11 is 0. The van der Waals surface area contributed by atoms with Crippen LogP contribution in [0.4, 0.5) is 10.1 Å². The molecule has 0 aliphatic carbocycles. The Hall–Kier alpha value is -2.11. The summed E-state index contributed by atoms with van der Waals surface area (Å²) in [7, 11) is 1.11. The molecule has 1 aromatic rings. The van der Waals surface area contributed by atoms with Gasteiger partial charge in [0.15, 0.2) is 0 Å². The van der Waals surface area contributed by atoms with Gasteiger partial charge in [0.25, 0.3) is 5.91 Å². The zero-order valence-electron chi connectivity index (χ0n) is 8.57. The van der Waals surface area contributed by atoms with E-state index in [2.05, 4.69) is 10.1 Å². The van der Waals surface area contributed by atoms with Crippen LogP contribution in [0, 0.1) is 5.82 Å². The number of carbonyl (C=O) groups is 2. The molecule has 0 aromatic heterocycles. The number of rotatable bonds is 4. The van der Waals surface area contributed by atoms with E-state index >= 15 is 0 Å². The van der Waals surface area contributed by atoms with Crippen LogP contribution in [0.15, 0.2) is 24.3 Å². The second-order valence-electron chi connectivity index (χ2n) is 2.98. The minimum Gasteiger partial charge on any atom is -0.467 e. The van der Waals surface area contributed by atoms with Gasteiger partial charge in [0.1, 0.15) is 5.82 Å². The SMILES string of the molecule is COC(=O)C(Nc1ccccc1F)C(N)=O. The Morgan fingerprint density at radius 1 is 1.44 bits per heavy atom. The summed E-state index contributed by atoms with van der Waals surface area (Å²) < 4.78 is 17.6. The first-order valence-corrected chi connectivity index (χ1v) is 4.44. The molecule has 1 rings (SSSR count). The lowest BCUT2D eigenvalue weighted by atomic mass is 10.2. The number of benzene rings is 1. The van der Waals surface area contributed by atoms with E-state index in [0.29, 0.717) is 0 Å². The van der Waals surface area contributed by atoms with E-state index in [9.17, 15) is 14.0 Å². The molecule has 16 heavy (non-hydrogen) atoms. The number of nitrogens with two attached hydrogens (primary N) is 1. The zero-order valence-corrected chi connectivity index (χ0v) is 8.57. The molecule has 0 bridgehead atoms. The average molecular weight is 226 g/mol. The number of para-hydroxylation sites is 1. The van der Waals surface area contributed by atoms with E-state index in [-0.39, 0.29) is 5.69 Å². The van der Waals surface area contributed by atoms with Crippen molar-refractivity contribution in [2.75, 3.05) is 12.4 Å². The molecule has 1 atom stereocenters. The van der Waals surface area contributed by atoms with Crippen molar-refractivity contribution >= 4 is 17.6 Å². The highest BCUT2D eigenvalue weighted by Gasteiger charge is 2.25. The van der Waals surface area contributed by atoms with Crippen molar-refractivity contribution in [3.63, 3.8) is 0 Å². The monoisotopic (exact) mass is 226 g/mol. The second kappa shape index (κ2) is 5.11. The van der Waals surface area contributed by atoms with E-state index in [0.717, 1.165) is 7.11 Å². The fourth-order valence-electron chi connectivity index (χ4n) is 1.10. The molecule has 0 aliphatic heterocycles. The average Bonchev–Trinajstić information content (AvgIpc) is 2.26. The van der Waals surface area contributed by atoms with Crippen LogP contribution in [-0.4, -0.2) is 25.0 Å². The van der Waals surface area contributed by atoms with Gasteiger partial charge < -0.3 is 15.8 Å². The molecular weight excluding hydrogens is 215 g/mol. The number of esters is 1. The van der Waals surface area contributed by atoms with Gasteiger partial charge in [0.05, 0.1) is 12.8 Å². The molecular formula is C10H11FN2O3. The van der Waals surface area contributed by atoms with Crippen LogP contribution in [0.2, 0.25) is 0 Å². The maximum Gasteiger partial charge on any atom is 0.338 e. The predicted molar refractivity (Wildman–Crippen MR) is 55.0 cm³/mol. The van der Waals surface area contributed by atoms with Crippen LogP contribution in [-0.2, 0) is 14.3 Å². The summed E-state index contributed by atoms with van der Waals surface area (Å²) in [4.78, 5) is 22.1. The van der Waals surface area contributed by atoms with Crippen LogP contribution in [0.3, 0.4) is 0 Å². The Labute approximate surface area is 91.4 Å². The van der Waals surface area contributed by atoms with Gasteiger partial charge in [0.2, 0.25) is 6.04 Å². The molecule has 3 N–H and O–H groups in total. The quantitative estimate of drug-likeness (QED) is 0.570. The first-order valence-electron chi connectivity index (χ1n) is 4.44. The molecule has 1 amide bonds. The van der Waals surface area contributed by atoms with Crippen LogP contribution < -0.4 is 11.1 Å². The van der Waals surface area contributed by atoms with E-state index in [1.165, 1.54) is 18.2 Å². The highest BCUT2D eigenvalue weighted by molar-refractivity contribution is 6.03. The zero-order chi connectivity index (χ0) is 12.1. The van der Waals surface area contributed by atoms with Gasteiger partial charge in [-0.15, -0.1) is 0 Å². The number of amides is 1. The fraction of sp³-hybridized carbons (Fsp3) is 0.200. The maximum absolute atomic E-state index is 13.2. The Kier molecular flexibility index (Phi) is 3.82. The van der Waals surface area contributed by atoms with Crippen LogP contribution >= 0.6 is 0 Å². The molecule has 1 aromatic carbocycles. The predicted octanol–water partition coefficient (Wildman–Crippen LogP) is 0.264. The lowest BCUT2D eigenvalue weighted by molar-refractivity contribution is -0.144. The summed E-state index contributed by atoms with van der Waals surface area (Å²) in [6.07, 6.45) is 0. The molecule has 0 saturated carbocycles. The molecule has 0 spiro atoms. The van der Waals surface area contributed by atoms with E-state index in [1.807, 2.05) is 0 Å². The van der Waals surface area contributed by atoms with E-state index in [4.69, 9.17) is 5.73 Å². The van der Waals surface area contributed by atoms with Crippen molar-refractivity contribution in [1.29, 1.82) is 0 Å². The van der Waals surface area contributed by atoms with Crippen LogP contribution in [0.1, 0.15) is 0 Å². The highest BCUT2D eigenvalue weighted by Crippen LogP contribution is 2.13. The van der Waals surface area contributed by atoms with Gasteiger partial charge in [-0.2, -0.15) is 0 Å². The van der Waals surface area contributed by atoms with Crippen molar-refractivity contribution in [2.24, 2.45) is 5.73 Å². The Balaban J connectivity index is 2.88. The fourth-order valence-corrected chi connectivity index (χ4v) is 1.10. The van der Waals surface area contributed by atoms with Crippen molar-refractivity contribution in [3.8, 4) is 0 Å². The number of ether oxygens (including phenoxy) is 1. The lowest BCUT2D eigenvalue weighted by Crippen LogP contribution is -2.42. The third kappa shape index (κ3) is 2.69. The number of anilines is 1. The van der Waals surface area contributed by atoms with Crippen LogP contribution in [0.25, 0.3) is 0 Å². The third-order valence-corrected chi connectivity index (χ3v) is 1.90. The first-order chi connectivity index (χ1) is 7.56. The van der Waals surface area contributed by atoms with E-state index < -0.39 is 23.7 Å². The second-order valence-corrected chi connectivity index (χ2v) is 2.98. The molecule has 1 unspecified atom stereocenters. The van der Waals surface area contributed by atoms with Crippen LogP contribution in [0.5, 0.6) is 0 Å². The standard InChI is InChI=1S/C10H11FN2O3/c1-16-10(15)8(9(12)14)13-7-5-3-2-4-6(7)11/h2-5,8,13H,1H3,(H2,12,14).